The maximum Gasteiger partial charge on any atom is 0.222 e. The number of benzene rings is 1. The Bertz CT molecular complexity index is 492. The van der Waals surface area contributed by atoms with Crippen molar-refractivity contribution in [3.8, 4) is 0 Å². The van der Waals surface area contributed by atoms with Crippen LogP contribution in [0.1, 0.15) is 31.4 Å². The molecule has 0 spiro atoms. The third kappa shape index (κ3) is 4.15. The lowest BCUT2D eigenvalue weighted by Crippen LogP contribution is -2.39. The Morgan fingerprint density at radius 1 is 1.52 bits per heavy atom. The van der Waals surface area contributed by atoms with Crippen molar-refractivity contribution in [3.05, 3.63) is 34.6 Å². The molecule has 6 heteroatoms. The first-order chi connectivity index (χ1) is 9.99. The van der Waals surface area contributed by atoms with Gasteiger partial charge in [0.25, 0.3) is 0 Å². The number of aliphatic hydroxyl groups is 1. The highest BCUT2D eigenvalue weighted by Gasteiger charge is 2.23. The maximum absolute atomic E-state index is 13.8. The minimum absolute atomic E-state index is 0.0826. The highest BCUT2D eigenvalue weighted by molar-refractivity contribution is 6.31. The number of nitrogens with zero attached hydrogens (tertiary/aromatic N) is 1. The Balaban J connectivity index is 1.86. The molecule has 2 N–H and O–H groups in total. The van der Waals surface area contributed by atoms with Crippen LogP contribution in [0.4, 0.5) is 4.39 Å². The van der Waals surface area contributed by atoms with Crippen LogP contribution >= 0.6 is 11.6 Å². The lowest BCUT2D eigenvalue weighted by atomic mass is 10.1. The summed E-state index contributed by atoms with van der Waals surface area (Å²) in [5, 5.41) is 13.4. The number of β-amino-alcohol motifs (C(OH)–C–C–N with tert-alkyl or cyclic N) is 1. The second kappa shape index (κ2) is 7.20. The van der Waals surface area contributed by atoms with E-state index in [2.05, 4.69) is 5.32 Å². The maximum atomic E-state index is 13.8. The molecule has 0 aromatic heterocycles. The van der Waals surface area contributed by atoms with Gasteiger partial charge < -0.3 is 15.3 Å². The van der Waals surface area contributed by atoms with E-state index in [9.17, 15) is 14.3 Å². The number of likely N-dealkylation sites (tertiary alicyclic amines) is 1. The normalized spacial score (nSPS) is 18.1. The summed E-state index contributed by atoms with van der Waals surface area (Å²) in [5.74, 6) is -0.286. The van der Waals surface area contributed by atoms with Gasteiger partial charge in [-0.3, -0.25) is 4.79 Å². The predicted molar refractivity (Wildman–Crippen MR) is 79.6 cm³/mol. The number of carbonyl (C=O) groups is 1. The molecule has 1 aliphatic rings. The number of hydrogen-bond donors (Lipinski definition) is 2. The molecule has 116 valence electrons. The minimum atomic E-state index is -0.681. The van der Waals surface area contributed by atoms with Gasteiger partial charge in [0.1, 0.15) is 5.82 Å². The van der Waals surface area contributed by atoms with Gasteiger partial charge >= 0.3 is 0 Å². The lowest BCUT2D eigenvalue weighted by Gasteiger charge is -2.22. The summed E-state index contributed by atoms with van der Waals surface area (Å²) < 4.78 is 13.8. The van der Waals surface area contributed by atoms with Crippen LogP contribution in [0.15, 0.2) is 18.2 Å². The van der Waals surface area contributed by atoms with Gasteiger partial charge in [0.2, 0.25) is 5.91 Å². The summed E-state index contributed by atoms with van der Waals surface area (Å²) in [6.45, 7) is 3.07. The van der Waals surface area contributed by atoms with Crippen LogP contribution in [-0.2, 0) is 4.79 Å². The van der Waals surface area contributed by atoms with Gasteiger partial charge in [-0.05, 0) is 25.5 Å². The number of halogens is 2. The smallest absolute Gasteiger partial charge is 0.222 e. The molecule has 21 heavy (non-hydrogen) atoms. The van der Waals surface area contributed by atoms with Crippen molar-refractivity contribution in [3.63, 3.8) is 0 Å². The summed E-state index contributed by atoms with van der Waals surface area (Å²) in [7, 11) is 0. The Morgan fingerprint density at radius 3 is 2.90 bits per heavy atom. The summed E-state index contributed by atoms with van der Waals surface area (Å²) in [6.07, 6.45) is 0.724. The van der Waals surface area contributed by atoms with Crippen molar-refractivity contribution in [2.45, 2.75) is 31.9 Å². The molecule has 1 heterocycles. The number of amides is 1. The molecule has 2 unspecified atom stereocenters. The minimum Gasteiger partial charge on any atom is -0.390 e. The fourth-order valence-electron chi connectivity index (χ4n) is 2.56. The van der Waals surface area contributed by atoms with E-state index in [1.807, 2.05) is 0 Å². The summed E-state index contributed by atoms with van der Waals surface area (Å²) in [5.41, 5.74) is 0.392. The van der Waals surface area contributed by atoms with Crippen LogP contribution in [0.2, 0.25) is 5.02 Å². The van der Waals surface area contributed by atoms with Crippen LogP contribution < -0.4 is 5.32 Å². The van der Waals surface area contributed by atoms with Gasteiger partial charge in [0.05, 0.1) is 6.10 Å². The van der Waals surface area contributed by atoms with Gasteiger partial charge in [0, 0.05) is 42.7 Å². The van der Waals surface area contributed by atoms with Gasteiger partial charge in [-0.1, -0.05) is 17.7 Å². The predicted octanol–water partition coefficient (Wildman–Crippen LogP) is 2.11. The third-order valence-corrected chi connectivity index (χ3v) is 4.02. The number of carbonyl (C=O) groups excluding carboxylic acids is 1. The number of aliphatic hydroxyl groups excluding tert-OH is 1. The first kappa shape index (κ1) is 16.2. The highest BCUT2D eigenvalue weighted by atomic mass is 35.5. The van der Waals surface area contributed by atoms with Crippen molar-refractivity contribution in [1.29, 1.82) is 0 Å². The van der Waals surface area contributed by atoms with Crippen LogP contribution in [-0.4, -0.2) is 41.7 Å². The largest absolute Gasteiger partial charge is 0.390 e. The number of nitrogens with one attached hydrogen (secondary N) is 1. The number of rotatable bonds is 6. The number of hydrogen-bond acceptors (Lipinski definition) is 3. The molecule has 1 saturated heterocycles. The van der Waals surface area contributed by atoms with Crippen LogP contribution in [0.3, 0.4) is 0 Å². The fourth-order valence-corrected chi connectivity index (χ4v) is 2.88. The van der Waals surface area contributed by atoms with Gasteiger partial charge in [-0.15, -0.1) is 0 Å². The molecular weight excluding hydrogens is 295 g/mol. The molecule has 1 aliphatic heterocycles. The average molecular weight is 315 g/mol. The van der Waals surface area contributed by atoms with E-state index < -0.39 is 6.10 Å². The van der Waals surface area contributed by atoms with Crippen molar-refractivity contribution >= 4 is 17.5 Å². The molecule has 1 aromatic carbocycles. The first-order valence-electron chi connectivity index (χ1n) is 7.12. The van der Waals surface area contributed by atoms with Crippen molar-refractivity contribution < 1.29 is 14.3 Å². The third-order valence-electron chi connectivity index (χ3n) is 3.69. The Hall–Kier alpha value is -1.17. The zero-order valence-corrected chi connectivity index (χ0v) is 12.7. The molecule has 0 saturated carbocycles. The van der Waals surface area contributed by atoms with E-state index in [0.29, 0.717) is 30.1 Å². The lowest BCUT2D eigenvalue weighted by molar-refractivity contribution is -0.128. The molecule has 1 amide bonds. The zero-order valence-electron chi connectivity index (χ0n) is 12.0. The van der Waals surface area contributed by atoms with Crippen LogP contribution in [0.5, 0.6) is 0 Å². The summed E-state index contributed by atoms with van der Waals surface area (Å²) in [6, 6.07) is 4.24. The van der Waals surface area contributed by atoms with Gasteiger partial charge in [-0.25, -0.2) is 4.39 Å². The highest BCUT2D eigenvalue weighted by Crippen LogP contribution is 2.25. The summed E-state index contributed by atoms with van der Waals surface area (Å²) >= 11 is 6.00. The van der Waals surface area contributed by atoms with E-state index in [4.69, 9.17) is 11.6 Å². The molecular formula is C15H20ClFN2O2. The van der Waals surface area contributed by atoms with Crippen LogP contribution in [0, 0.1) is 5.82 Å². The average Bonchev–Trinajstić information content (AvgIpc) is 2.82. The molecule has 0 aliphatic carbocycles. The second-order valence-electron chi connectivity index (χ2n) is 5.36. The summed E-state index contributed by atoms with van der Waals surface area (Å²) in [4.78, 5) is 13.1. The Morgan fingerprint density at radius 2 is 2.29 bits per heavy atom. The fraction of sp³-hybridized carbons (Fsp3) is 0.533. The van der Waals surface area contributed by atoms with E-state index in [0.717, 1.165) is 6.42 Å². The van der Waals surface area contributed by atoms with E-state index in [-0.39, 0.29) is 24.3 Å². The van der Waals surface area contributed by atoms with Crippen molar-refractivity contribution in [2.75, 3.05) is 19.6 Å². The van der Waals surface area contributed by atoms with Crippen molar-refractivity contribution in [2.24, 2.45) is 0 Å². The standard InChI is InChI=1S/C15H20ClFN2O2/c1-10(15-12(16)4-2-5-13(15)17)18-8-11(20)9-19-7-3-6-14(19)21/h2,4-5,10-11,18,20H,3,6-9H2,1H3. The van der Waals surface area contributed by atoms with Crippen LogP contribution in [0.25, 0.3) is 0 Å². The van der Waals surface area contributed by atoms with Gasteiger partial charge in [-0.2, -0.15) is 0 Å². The van der Waals surface area contributed by atoms with Gasteiger partial charge in [0.15, 0.2) is 0 Å². The molecule has 1 aromatic rings. The van der Waals surface area contributed by atoms with E-state index >= 15 is 0 Å². The molecule has 0 radical (unpaired) electrons. The van der Waals surface area contributed by atoms with E-state index in [1.54, 1.807) is 24.0 Å². The molecule has 1 fully saturated rings. The molecule has 2 atom stereocenters. The molecule has 4 nitrogen and oxygen atoms in total. The second-order valence-corrected chi connectivity index (χ2v) is 5.77. The topological polar surface area (TPSA) is 52.6 Å². The first-order valence-corrected chi connectivity index (χ1v) is 7.50. The molecule has 2 rings (SSSR count). The van der Waals surface area contributed by atoms with E-state index in [1.165, 1.54) is 6.07 Å². The monoisotopic (exact) mass is 314 g/mol. The van der Waals surface area contributed by atoms with Crippen molar-refractivity contribution in [1.82, 2.24) is 10.2 Å². The molecule has 0 bridgehead atoms. The quantitative estimate of drug-likeness (QED) is 0.845. The SMILES string of the molecule is CC(NCC(O)CN1CCCC1=O)c1c(F)cccc1Cl. The Labute approximate surface area is 128 Å². The zero-order chi connectivity index (χ0) is 15.4. The Kier molecular flexibility index (Phi) is 5.56.